The van der Waals surface area contributed by atoms with E-state index in [0.717, 1.165) is 0 Å². The van der Waals surface area contributed by atoms with Crippen LogP contribution in [0.3, 0.4) is 0 Å². The second-order valence-corrected chi connectivity index (χ2v) is 4.10. The summed E-state index contributed by atoms with van der Waals surface area (Å²) in [4.78, 5) is 2.41. The minimum Gasteiger partial charge on any atom is -0.306 e. The molecule has 1 fully saturated rings. The highest BCUT2D eigenvalue weighted by Crippen LogP contribution is 2.23. The predicted molar refractivity (Wildman–Crippen MR) is 63.3 cm³/mol. The molecule has 0 spiro atoms. The minimum absolute atomic E-state index is 0.677. The van der Waals surface area contributed by atoms with Crippen molar-refractivity contribution in [3.05, 3.63) is 37.0 Å². The summed E-state index contributed by atoms with van der Waals surface area (Å²) in [5.41, 5.74) is 1.26. The molecule has 1 saturated heterocycles. The second-order valence-electron chi connectivity index (χ2n) is 4.10. The highest BCUT2D eigenvalue weighted by Gasteiger charge is 2.15. The Bertz CT molecular complexity index is 227. The van der Waals surface area contributed by atoms with Gasteiger partial charge in [0.15, 0.2) is 0 Å². The number of rotatable bonds is 3. The molecule has 1 rings (SSSR count). The maximum Gasteiger partial charge on any atom is -0.00160 e. The lowest BCUT2D eigenvalue weighted by atomic mass is 9.92. The molecule has 14 heavy (non-hydrogen) atoms. The molecule has 78 valence electrons. The first-order valence-electron chi connectivity index (χ1n) is 5.40. The fraction of sp³-hybridized carbons (Fsp3) is 0.538. The molecule has 1 atom stereocenters. The first kappa shape index (κ1) is 11.3. The van der Waals surface area contributed by atoms with Crippen LogP contribution < -0.4 is 0 Å². The Morgan fingerprint density at radius 1 is 1.36 bits per heavy atom. The normalized spacial score (nSPS) is 24.8. The van der Waals surface area contributed by atoms with E-state index < -0.39 is 0 Å². The average Bonchev–Trinajstić information content (AvgIpc) is 2.39. The van der Waals surface area contributed by atoms with Crippen molar-refractivity contribution in [2.75, 3.05) is 20.1 Å². The van der Waals surface area contributed by atoms with Gasteiger partial charge in [-0.15, -0.1) is 0 Å². The summed E-state index contributed by atoms with van der Waals surface area (Å²) in [7, 11) is 2.20. The van der Waals surface area contributed by atoms with E-state index in [1.165, 1.54) is 37.9 Å². The molecule has 0 aliphatic carbocycles. The first-order valence-corrected chi connectivity index (χ1v) is 5.40. The van der Waals surface area contributed by atoms with Gasteiger partial charge in [-0.25, -0.2) is 0 Å². The Morgan fingerprint density at radius 2 is 2.14 bits per heavy atom. The Kier molecular flexibility index (Phi) is 4.68. The zero-order chi connectivity index (χ0) is 10.4. The fourth-order valence-corrected chi connectivity index (χ4v) is 1.94. The van der Waals surface area contributed by atoms with Crippen LogP contribution in [-0.2, 0) is 0 Å². The van der Waals surface area contributed by atoms with Gasteiger partial charge in [0, 0.05) is 0 Å². The number of allylic oxidation sites excluding steroid dienone is 4. The van der Waals surface area contributed by atoms with E-state index in [9.17, 15) is 0 Å². The number of hydrogen-bond acceptors (Lipinski definition) is 1. The van der Waals surface area contributed by atoms with Crippen molar-refractivity contribution >= 4 is 0 Å². The van der Waals surface area contributed by atoms with Crippen molar-refractivity contribution in [1.29, 1.82) is 0 Å². The maximum atomic E-state index is 4.13. The number of nitrogens with zero attached hydrogens (tertiary/aromatic N) is 1. The topological polar surface area (TPSA) is 3.24 Å². The van der Waals surface area contributed by atoms with Gasteiger partial charge in [-0.3, -0.25) is 0 Å². The lowest BCUT2D eigenvalue weighted by Gasteiger charge is -2.14. The monoisotopic (exact) mass is 191 g/mol. The third-order valence-corrected chi connectivity index (χ3v) is 2.92. The molecule has 0 saturated carbocycles. The van der Waals surface area contributed by atoms with Crippen molar-refractivity contribution in [3.8, 4) is 0 Å². The Morgan fingerprint density at radius 3 is 2.86 bits per heavy atom. The van der Waals surface area contributed by atoms with E-state index in [2.05, 4.69) is 31.2 Å². The molecule has 1 aliphatic heterocycles. The lowest BCUT2D eigenvalue weighted by Crippen LogP contribution is -2.18. The summed E-state index contributed by atoms with van der Waals surface area (Å²) >= 11 is 0. The minimum atomic E-state index is 0.677. The highest BCUT2D eigenvalue weighted by molar-refractivity contribution is 5.21. The molecule has 1 unspecified atom stereocenters. The second kappa shape index (κ2) is 5.82. The SMILES string of the molecule is C=C/C=C\C(=C)C1CCCN(C)CC1. The predicted octanol–water partition coefficient (Wildman–Crippen LogP) is 3.02. The van der Waals surface area contributed by atoms with Gasteiger partial charge in [0.05, 0.1) is 0 Å². The van der Waals surface area contributed by atoms with Crippen molar-refractivity contribution in [2.45, 2.75) is 19.3 Å². The van der Waals surface area contributed by atoms with E-state index in [0.29, 0.717) is 5.92 Å². The molecular formula is C13H21N. The quantitative estimate of drug-likeness (QED) is 0.620. The maximum absolute atomic E-state index is 4.13. The fourth-order valence-electron chi connectivity index (χ4n) is 1.94. The molecule has 0 aromatic rings. The van der Waals surface area contributed by atoms with Crippen LogP contribution in [0.2, 0.25) is 0 Å². The average molecular weight is 191 g/mol. The third kappa shape index (κ3) is 3.51. The molecule has 0 bridgehead atoms. The van der Waals surface area contributed by atoms with E-state index >= 15 is 0 Å². The van der Waals surface area contributed by atoms with Gasteiger partial charge in [0.1, 0.15) is 0 Å². The van der Waals surface area contributed by atoms with E-state index in [-0.39, 0.29) is 0 Å². The largest absolute Gasteiger partial charge is 0.306 e. The summed E-state index contributed by atoms with van der Waals surface area (Å²) in [5.74, 6) is 0.677. The van der Waals surface area contributed by atoms with Gasteiger partial charge in [0.2, 0.25) is 0 Å². The molecule has 1 heteroatoms. The third-order valence-electron chi connectivity index (χ3n) is 2.92. The van der Waals surface area contributed by atoms with Crippen LogP contribution in [0.15, 0.2) is 37.0 Å². The molecule has 0 radical (unpaired) electrons. The number of hydrogen-bond donors (Lipinski definition) is 0. The molecule has 1 aliphatic rings. The van der Waals surface area contributed by atoms with E-state index in [4.69, 9.17) is 0 Å². The molecular weight excluding hydrogens is 170 g/mol. The van der Waals surface area contributed by atoms with Gasteiger partial charge in [-0.1, -0.05) is 37.0 Å². The van der Waals surface area contributed by atoms with Crippen LogP contribution in [0.5, 0.6) is 0 Å². The Balaban J connectivity index is 2.46. The van der Waals surface area contributed by atoms with Gasteiger partial charge >= 0.3 is 0 Å². The van der Waals surface area contributed by atoms with Gasteiger partial charge in [-0.05, 0) is 45.3 Å². The summed E-state index contributed by atoms with van der Waals surface area (Å²) in [6.07, 6.45) is 9.72. The number of likely N-dealkylation sites (tertiary alicyclic amines) is 1. The van der Waals surface area contributed by atoms with Crippen LogP contribution in [0.25, 0.3) is 0 Å². The van der Waals surface area contributed by atoms with Gasteiger partial charge < -0.3 is 4.90 Å². The molecule has 0 N–H and O–H groups in total. The van der Waals surface area contributed by atoms with E-state index in [1.54, 1.807) is 0 Å². The van der Waals surface area contributed by atoms with Crippen molar-refractivity contribution in [2.24, 2.45) is 5.92 Å². The van der Waals surface area contributed by atoms with Crippen LogP contribution in [0.1, 0.15) is 19.3 Å². The van der Waals surface area contributed by atoms with E-state index in [1.807, 2.05) is 12.2 Å². The molecule has 0 aromatic heterocycles. The van der Waals surface area contributed by atoms with Crippen LogP contribution in [-0.4, -0.2) is 25.0 Å². The molecule has 1 heterocycles. The molecule has 1 nitrogen and oxygen atoms in total. The molecule has 0 aromatic carbocycles. The highest BCUT2D eigenvalue weighted by atomic mass is 15.1. The standard InChI is InChI=1S/C13H21N/c1-4-5-7-12(2)13-8-6-10-14(3)11-9-13/h4-5,7,13H,1-2,6,8-11H2,3H3/b7-5-. The van der Waals surface area contributed by atoms with Gasteiger partial charge in [-0.2, -0.15) is 0 Å². The van der Waals surface area contributed by atoms with Crippen LogP contribution in [0.4, 0.5) is 0 Å². The summed E-state index contributed by atoms with van der Waals surface area (Å²) in [6, 6.07) is 0. The smallest absolute Gasteiger partial charge is 0.00160 e. The summed E-state index contributed by atoms with van der Waals surface area (Å²) in [6.45, 7) is 10.2. The van der Waals surface area contributed by atoms with Crippen molar-refractivity contribution < 1.29 is 0 Å². The Hall–Kier alpha value is -0.820. The Labute approximate surface area is 87.8 Å². The van der Waals surface area contributed by atoms with Crippen molar-refractivity contribution in [3.63, 3.8) is 0 Å². The van der Waals surface area contributed by atoms with Gasteiger partial charge in [0.25, 0.3) is 0 Å². The van der Waals surface area contributed by atoms with Crippen molar-refractivity contribution in [1.82, 2.24) is 4.90 Å². The molecule has 0 amide bonds. The zero-order valence-electron chi connectivity index (χ0n) is 9.21. The first-order chi connectivity index (χ1) is 6.74. The summed E-state index contributed by atoms with van der Waals surface area (Å²) < 4.78 is 0. The summed E-state index contributed by atoms with van der Waals surface area (Å²) in [5, 5.41) is 0. The van der Waals surface area contributed by atoms with Crippen LogP contribution in [0, 0.1) is 5.92 Å². The lowest BCUT2D eigenvalue weighted by molar-refractivity contribution is 0.346. The van der Waals surface area contributed by atoms with Crippen LogP contribution >= 0.6 is 0 Å². The zero-order valence-corrected chi connectivity index (χ0v) is 9.21.